The average Bonchev–Trinajstić information content (AvgIpc) is 2.45. The van der Waals surface area contributed by atoms with Gasteiger partial charge in [-0.25, -0.2) is 0 Å². The minimum absolute atomic E-state index is 0.293. The summed E-state index contributed by atoms with van der Waals surface area (Å²) in [7, 11) is 0. The summed E-state index contributed by atoms with van der Waals surface area (Å²) in [6.45, 7) is 7.20. The molecule has 0 aliphatic heterocycles. The number of nitriles is 1. The summed E-state index contributed by atoms with van der Waals surface area (Å²) >= 11 is 0. The van der Waals surface area contributed by atoms with Crippen LogP contribution in [0.3, 0.4) is 0 Å². The number of hydrogen-bond acceptors (Lipinski definition) is 2. The van der Waals surface area contributed by atoms with Gasteiger partial charge in [0.15, 0.2) is 0 Å². The van der Waals surface area contributed by atoms with Crippen molar-refractivity contribution in [2.24, 2.45) is 0 Å². The van der Waals surface area contributed by atoms with Gasteiger partial charge in [-0.05, 0) is 49.6 Å². The van der Waals surface area contributed by atoms with Crippen LogP contribution in [0.1, 0.15) is 40.8 Å². The molecule has 0 amide bonds. The van der Waals surface area contributed by atoms with Crippen LogP contribution in [0.25, 0.3) is 0 Å². The molecule has 0 aliphatic rings. The van der Waals surface area contributed by atoms with Crippen LogP contribution < -0.4 is 5.32 Å². The maximum absolute atomic E-state index is 8.91. The standard InChI is InChI=1S/C18H20N2/c1-13-7-8-18(14(2)9-13)15(3)20-12-17-6-4-5-16(10-17)11-19/h4-10,15,20H,12H2,1-3H3. The summed E-state index contributed by atoms with van der Waals surface area (Å²) in [5.74, 6) is 0. The summed E-state index contributed by atoms with van der Waals surface area (Å²) in [5.41, 5.74) is 5.78. The molecule has 1 N–H and O–H groups in total. The van der Waals surface area contributed by atoms with E-state index < -0.39 is 0 Å². The Morgan fingerprint density at radius 1 is 1.15 bits per heavy atom. The topological polar surface area (TPSA) is 35.8 Å². The smallest absolute Gasteiger partial charge is 0.0991 e. The van der Waals surface area contributed by atoms with Gasteiger partial charge >= 0.3 is 0 Å². The molecule has 1 unspecified atom stereocenters. The molecule has 0 bridgehead atoms. The van der Waals surface area contributed by atoms with E-state index in [1.54, 1.807) is 0 Å². The summed E-state index contributed by atoms with van der Waals surface area (Å²) in [6.07, 6.45) is 0. The van der Waals surface area contributed by atoms with Gasteiger partial charge < -0.3 is 5.32 Å². The van der Waals surface area contributed by atoms with Crippen LogP contribution >= 0.6 is 0 Å². The van der Waals surface area contributed by atoms with Gasteiger partial charge in [0.05, 0.1) is 11.6 Å². The van der Waals surface area contributed by atoms with Gasteiger partial charge in [0.2, 0.25) is 0 Å². The Morgan fingerprint density at radius 2 is 1.95 bits per heavy atom. The summed E-state index contributed by atoms with van der Waals surface area (Å²) in [5, 5.41) is 12.4. The quantitative estimate of drug-likeness (QED) is 0.905. The van der Waals surface area contributed by atoms with Crippen LogP contribution in [-0.4, -0.2) is 0 Å². The van der Waals surface area contributed by atoms with Gasteiger partial charge in [-0.2, -0.15) is 5.26 Å². The van der Waals surface area contributed by atoms with Crippen LogP contribution in [0, 0.1) is 25.2 Å². The Kier molecular flexibility index (Phi) is 4.55. The molecule has 0 fully saturated rings. The minimum atomic E-state index is 0.293. The lowest BCUT2D eigenvalue weighted by Gasteiger charge is -2.17. The van der Waals surface area contributed by atoms with Crippen molar-refractivity contribution in [3.05, 3.63) is 70.3 Å². The molecule has 2 rings (SSSR count). The Balaban J connectivity index is 2.04. The summed E-state index contributed by atoms with van der Waals surface area (Å²) in [6, 6.07) is 16.8. The third kappa shape index (κ3) is 3.46. The monoisotopic (exact) mass is 264 g/mol. The molecule has 1 atom stereocenters. The van der Waals surface area contributed by atoms with Gasteiger partial charge in [-0.15, -0.1) is 0 Å². The van der Waals surface area contributed by atoms with E-state index in [1.165, 1.54) is 16.7 Å². The van der Waals surface area contributed by atoms with E-state index in [4.69, 9.17) is 5.26 Å². The normalized spacial score (nSPS) is 11.9. The first kappa shape index (κ1) is 14.3. The van der Waals surface area contributed by atoms with Crippen LogP contribution in [-0.2, 0) is 6.54 Å². The van der Waals surface area contributed by atoms with Crippen molar-refractivity contribution >= 4 is 0 Å². The second-order valence-electron chi connectivity index (χ2n) is 5.27. The number of aryl methyl sites for hydroxylation is 2. The first-order chi connectivity index (χ1) is 9.60. The van der Waals surface area contributed by atoms with E-state index >= 15 is 0 Å². The van der Waals surface area contributed by atoms with Crippen LogP contribution in [0.4, 0.5) is 0 Å². The number of nitrogens with one attached hydrogen (secondary N) is 1. The zero-order chi connectivity index (χ0) is 14.5. The summed E-state index contributed by atoms with van der Waals surface area (Å²) in [4.78, 5) is 0. The molecule has 2 aromatic carbocycles. The van der Waals surface area contributed by atoms with E-state index in [1.807, 2.05) is 24.3 Å². The highest BCUT2D eigenvalue weighted by Crippen LogP contribution is 2.19. The lowest BCUT2D eigenvalue weighted by atomic mass is 10.00. The van der Waals surface area contributed by atoms with E-state index in [2.05, 4.69) is 50.4 Å². The van der Waals surface area contributed by atoms with Gasteiger partial charge in [-0.3, -0.25) is 0 Å². The van der Waals surface area contributed by atoms with Crippen LogP contribution in [0.15, 0.2) is 42.5 Å². The van der Waals surface area contributed by atoms with Crippen molar-refractivity contribution in [3.8, 4) is 6.07 Å². The van der Waals surface area contributed by atoms with Gasteiger partial charge in [0, 0.05) is 12.6 Å². The molecule has 0 heterocycles. The molecule has 0 saturated heterocycles. The summed E-state index contributed by atoms with van der Waals surface area (Å²) < 4.78 is 0. The fraction of sp³-hybridized carbons (Fsp3) is 0.278. The average molecular weight is 264 g/mol. The zero-order valence-electron chi connectivity index (χ0n) is 12.3. The molecule has 0 saturated carbocycles. The molecule has 0 spiro atoms. The highest BCUT2D eigenvalue weighted by atomic mass is 14.9. The van der Waals surface area contributed by atoms with Crippen LogP contribution in [0.5, 0.6) is 0 Å². The Labute approximate surface area is 121 Å². The number of hydrogen-bond donors (Lipinski definition) is 1. The van der Waals surface area contributed by atoms with Crippen molar-refractivity contribution in [2.75, 3.05) is 0 Å². The first-order valence-corrected chi connectivity index (χ1v) is 6.89. The fourth-order valence-electron chi connectivity index (χ4n) is 2.44. The Bertz CT molecular complexity index is 638. The second kappa shape index (κ2) is 6.36. The van der Waals surface area contributed by atoms with Crippen molar-refractivity contribution < 1.29 is 0 Å². The minimum Gasteiger partial charge on any atom is -0.306 e. The SMILES string of the molecule is Cc1ccc(C(C)NCc2cccc(C#N)c2)c(C)c1. The maximum atomic E-state index is 8.91. The Hall–Kier alpha value is -2.11. The first-order valence-electron chi connectivity index (χ1n) is 6.89. The van der Waals surface area contributed by atoms with E-state index in [0.29, 0.717) is 11.6 Å². The molecule has 2 heteroatoms. The van der Waals surface area contributed by atoms with E-state index in [9.17, 15) is 0 Å². The van der Waals surface area contributed by atoms with Gasteiger partial charge in [0.25, 0.3) is 0 Å². The van der Waals surface area contributed by atoms with E-state index in [-0.39, 0.29) is 0 Å². The third-order valence-electron chi connectivity index (χ3n) is 3.56. The van der Waals surface area contributed by atoms with E-state index in [0.717, 1.165) is 12.1 Å². The predicted molar refractivity (Wildman–Crippen MR) is 82.3 cm³/mol. The van der Waals surface area contributed by atoms with Gasteiger partial charge in [-0.1, -0.05) is 35.9 Å². The molecule has 2 nitrogen and oxygen atoms in total. The van der Waals surface area contributed by atoms with Crippen molar-refractivity contribution in [1.82, 2.24) is 5.32 Å². The Morgan fingerprint density at radius 3 is 2.65 bits per heavy atom. The predicted octanol–water partition coefficient (Wildman–Crippen LogP) is 4.03. The number of rotatable bonds is 4. The van der Waals surface area contributed by atoms with Gasteiger partial charge in [0.1, 0.15) is 0 Å². The van der Waals surface area contributed by atoms with Crippen molar-refractivity contribution in [1.29, 1.82) is 5.26 Å². The third-order valence-corrected chi connectivity index (χ3v) is 3.56. The molecule has 20 heavy (non-hydrogen) atoms. The van der Waals surface area contributed by atoms with Crippen molar-refractivity contribution in [2.45, 2.75) is 33.4 Å². The lowest BCUT2D eigenvalue weighted by Crippen LogP contribution is -2.19. The molecule has 0 radical (unpaired) electrons. The largest absolute Gasteiger partial charge is 0.306 e. The highest BCUT2D eigenvalue weighted by Gasteiger charge is 2.08. The number of nitrogens with zero attached hydrogens (tertiary/aromatic N) is 1. The fourth-order valence-corrected chi connectivity index (χ4v) is 2.44. The van der Waals surface area contributed by atoms with Crippen LogP contribution in [0.2, 0.25) is 0 Å². The highest BCUT2D eigenvalue weighted by molar-refractivity contribution is 5.34. The maximum Gasteiger partial charge on any atom is 0.0991 e. The molecular weight excluding hydrogens is 244 g/mol. The molecule has 0 aromatic heterocycles. The van der Waals surface area contributed by atoms with Crippen molar-refractivity contribution in [3.63, 3.8) is 0 Å². The molecule has 0 aliphatic carbocycles. The zero-order valence-corrected chi connectivity index (χ0v) is 12.3. The molecule has 2 aromatic rings. The molecular formula is C18H20N2. The molecule has 102 valence electrons. The number of benzene rings is 2. The second-order valence-corrected chi connectivity index (χ2v) is 5.27. The lowest BCUT2D eigenvalue weighted by molar-refractivity contribution is 0.572.